The van der Waals surface area contributed by atoms with E-state index in [4.69, 9.17) is 4.42 Å². The molecular weight excluding hydrogens is 322 g/mol. The van der Waals surface area contributed by atoms with Crippen LogP contribution in [0.15, 0.2) is 47.1 Å². The number of nitrogens with one attached hydrogen (secondary N) is 3. The fourth-order valence-electron chi connectivity index (χ4n) is 2.04. The van der Waals surface area contributed by atoms with Crippen molar-refractivity contribution < 1.29 is 18.8 Å². The van der Waals surface area contributed by atoms with Gasteiger partial charge in [-0.1, -0.05) is 19.1 Å². The van der Waals surface area contributed by atoms with Crippen molar-refractivity contribution in [1.29, 1.82) is 0 Å². The Labute approximate surface area is 145 Å². The molecule has 0 aliphatic rings. The molecule has 7 heteroatoms. The highest BCUT2D eigenvalue weighted by Crippen LogP contribution is 2.15. The summed E-state index contributed by atoms with van der Waals surface area (Å²) in [6.45, 7) is 3.94. The van der Waals surface area contributed by atoms with E-state index in [2.05, 4.69) is 16.0 Å². The lowest BCUT2D eigenvalue weighted by Gasteiger charge is -2.13. The van der Waals surface area contributed by atoms with Crippen molar-refractivity contribution in [1.82, 2.24) is 10.6 Å². The lowest BCUT2D eigenvalue weighted by molar-refractivity contribution is -0.136. The smallest absolute Gasteiger partial charge is 0.313 e. The molecule has 25 heavy (non-hydrogen) atoms. The Bertz CT molecular complexity index is 741. The first-order valence-corrected chi connectivity index (χ1v) is 8.02. The minimum atomic E-state index is -0.813. The number of furan rings is 1. The first kappa shape index (κ1) is 18.3. The van der Waals surface area contributed by atoms with Gasteiger partial charge in [0.2, 0.25) is 0 Å². The van der Waals surface area contributed by atoms with Crippen molar-refractivity contribution in [2.75, 3.05) is 5.32 Å². The van der Waals surface area contributed by atoms with Gasteiger partial charge in [-0.15, -0.1) is 0 Å². The Kier molecular flexibility index (Phi) is 6.33. The molecule has 0 unspecified atom stereocenters. The average Bonchev–Trinajstić information content (AvgIpc) is 3.13. The van der Waals surface area contributed by atoms with Gasteiger partial charge in [0.25, 0.3) is 5.91 Å². The zero-order chi connectivity index (χ0) is 18.2. The normalized spacial score (nSPS) is 11.4. The molecule has 3 N–H and O–H groups in total. The zero-order valence-corrected chi connectivity index (χ0v) is 14.2. The van der Waals surface area contributed by atoms with Crippen molar-refractivity contribution in [2.24, 2.45) is 0 Å². The van der Waals surface area contributed by atoms with Crippen LogP contribution in [0.4, 0.5) is 5.69 Å². The van der Waals surface area contributed by atoms with Crippen molar-refractivity contribution in [3.63, 3.8) is 0 Å². The van der Waals surface area contributed by atoms with Crippen LogP contribution in [0.1, 0.15) is 36.4 Å². The predicted octanol–water partition coefficient (Wildman–Crippen LogP) is 2.06. The molecule has 0 spiro atoms. The fraction of sp³-hybridized carbons (Fsp3) is 0.278. The molecule has 0 fully saturated rings. The summed E-state index contributed by atoms with van der Waals surface area (Å²) >= 11 is 0. The van der Waals surface area contributed by atoms with Gasteiger partial charge in [-0.25, -0.2) is 0 Å². The predicted molar refractivity (Wildman–Crippen MR) is 92.8 cm³/mol. The third kappa shape index (κ3) is 5.20. The number of benzene rings is 1. The first-order chi connectivity index (χ1) is 12.0. The van der Waals surface area contributed by atoms with Crippen LogP contribution in [-0.2, 0) is 16.1 Å². The largest absolute Gasteiger partial charge is 0.467 e. The molecule has 2 aromatic rings. The minimum Gasteiger partial charge on any atom is -0.467 e. The molecule has 1 aromatic heterocycles. The summed E-state index contributed by atoms with van der Waals surface area (Å²) in [6, 6.07) is 9.85. The number of anilines is 1. The van der Waals surface area contributed by atoms with E-state index in [1.54, 1.807) is 43.3 Å². The first-order valence-electron chi connectivity index (χ1n) is 8.02. The van der Waals surface area contributed by atoms with Crippen molar-refractivity contribution in [3.8, 4) is 0 Å². The third-order valence-corrected chi connectivity index (χ3v) is 3.62. The Balaban J connectivity index is 2.03. The van der Waals surface area contributed by atoms with E-state index in [1.165, 1.54) is 6.26 Å². The standard InChI is InChI=1S/C18H21N3O4/c1-3-12(2)20-17(23)18(24)21-15-9-5-4-8-14(15)16(22)19-11-13-7-6-10-25-13/h4-10,12H,3,11H2,1-2H3,(H,19,22)(H,20,23)(H,21,24)/t12-/m0/s1. The summed E-state index contributed by atoms with van der Waals surface area (Å²) in [7, 11) is 0. The molecule has 7 nitrogen and oxygen atoms in total. The van der Waals surface area contributed by atoms with Gasteiger partial charge < -0.3 is 20.4 Å². The van der Waals surface area contributed by atoms with Gasteiger partial charge in [-0.05, 0) is 37.6 Å². The van der Waals surface area contributed by atoms with Crippen molar-refractivity contribution in [2.45, 2.75) is 32.9 Å². The van der Waals surface area contributed by atoms with E-state index in [0.29, 0.717) is 12.2 Å². The number of amides is 3. The molecule has 1 heterocycles. The Morgan fingerprint density at radius 1 is 1.08 bits per heavy atom. The number of para-hydroxylation sites is 1. The van der Waals surface area contributed by atoms with Crippen LogP contribution in [0, 0.1) is 0 Å². The molecule has 2 rings (SSSR count). The molecular formula is C18H21N3O4. The molecule has 3 amide bonds. The molecule has 132 valence electrons. The SMILES string of the molecule is CC[C@H](C)NC(=O)C(=O)Nc1ccccc1C(=O)NCc1ccco1. The highest BCUT2D eigenvalue weighted by molar-refractivity contribution is 6.40. The molecule has 1 aromatic carbocycles. The molecule has 0 aliphatic carbocycles. The monoisotopic (exact) mass is 343 g/mol. The Morgan fingerprint density at radius 3 is 2.52 bits per heavy atom. The number of carbonyl (C=O) groups is 3. The van der Waals surface area contributed by atoms with Crippen LogP contribution in [0.5, 0.6) is 0 Å². The summed E-state index contributed by atoms with van der Waals surface area (Å²) in [5.74, 6) is -1.32. The Hall–Kier alpha value is -3.09. The number of carbonyl (C=O) groups excluding carboxylic acids is 3. The molecule has 0 radical (unpaired) electrons. The summed E-state index contributed by atoms with van der Waals surface area (Å²) in [6.07, 6.45) is 2.23. The maximum Gasteiger partial charge on any atom is 0.313 e. The van der Waals surface area contributed by atoms with Crippen molar-refractivity contribution in [3.05, 3.63) is 54.0 Å². The van der Waals surface area contributed by atoms with E-state index in [0.717, 1.165) is 0 Å². The van der Waals surface area contributed by atoms with E-state index in [1.807, 2.05) is 6.92 Å². The molecule has 0 saturated carbocycles. The van der Waals surface area contributed by atoms with Crippen LogP contribution in [0.25, 0.3) is 0 Å². The van der Waals surface area contributed by atoms with E-state index >= 15 is 0 Å². The summed E-state index contributed by atoms with van der Waals surface area (Å²) in [5, 5.41) is 7.76. The molecule has 0 saturated heterocycles. The lowest BCUT2D eigenvalue weighted by atomic mass is 10.1. The highest BCUT2D eigenvalue weighted by atomic mass is 16.3. The van der Waals surface area contributed by atoms with E-state index < -0.39 is 11.8 Å². The second-order valence-electron chi connectivity index (χ2n) is 5.54. The number of rotatable bonds is 6. The van der Waals surface area contributed by atoms with Gasteiger partial charge in [-0.2, -0.15) is 0 Å². The van der Waals surface area contributed by atoms with Crippen LogP contribution in [0.3, 0.4) is 0 Å². The number of hydrogen-bond acceptors (Lipinski definition) is 4. The summed E-state index contributed by atoms with van der Waals surface area (Å²) in [5.41, 5.74) is 0.530. The molecule has 1 atom stereocenters. The fourth-order valence-corrected chi connectivity index (χ4v) is 2.04. The lowest BCUT2D eigenvalue weighted by Crippen LogP contribution is -2.40. The van der Waals surface area contributed by atoms with Crippen LogP contribution in [0.2, 0.25) is 0 Å². The van der Waals surface area contributed by atoms with E-state index in [9.17, 15) is 14.4 Å². The topological polar surface area (TPSA) is 100 Å². The zero-order valence-electron chi connectivity index (χ0n) is 14.2. The maximum absolute atomic E-state index is 12.3. The maximum atomic E-state index is 12.3. The van der Waals surface area contributed by atoms with Gasteiger partial charge in [0.15, 0.2) is 0 Å². The van der Waals surface area contributed by atoms with Crippen LogP contribution >= 0.6 is 0 Å². The minimum absolute atomic E-state index is 0.106. The quantitative estimate of drug-likeness (QED) is 0.699. The van der Waals surface area contributed by atoms with E-state index in [-0.39, 0.29) is 29.7 Å². The highest BCUT2D eigenvalue weighted by Gasteiger charge is 2.18. The second kappa shape index (κ2) is 8.68. The third-order valence-electron chi connectivity index (χ3n) is 3.62. The van der Waals surface area contributed by atoms with Gasteiger partial charge in [0.05, 0.1) is 24.1 Å². The van der Waals surface area contributed by atoms with Gasteiger partial charge >= 0.3 is 11.8 Å². The summed E-state index contributed by atoms with van der Waals surface area (Å²) < 4.78 is 5.16. The Morgan fingerprint density at radius 2 is 1.84 bits per heavy atom. The number of hydrogen-bond donors (Lipinski definition) is 3. The second-order valence-corrected chi connectivity index (χ2v) is 5.54. The van der Waals surface area contributed by atoms with Crippen LogP contribution < -0.4 is 16.0 Å². The van der Waals surface area contributed by atoms with Crippen molar-refractivity contribution >= 4 is 23.4 Å². The van der Waals surface area contributed by atoms with Gasteiger partial charge in [0, 0.05) is 6.04 Å². The van der Waals surface area contributed by atoms with Gasteiger partial charge in [-0.3, -0.25) is 14.4 Å². The van der Waals surface area contributed by atoms with Gasteiger partial charge in [0.1, 0.15) is 5.76 Å². The summed E-state index contributed by atoms with van der Waals surface area (Å²) in [4.78, 5) is 36.2. The molecule has 0 aliphatic heterocycles. The van der Waals surface area contributed by atoms with Crippen LogP contribution in [-0.4, -0.2) is 23.8 Å². The average molecular weight is 343 g/mol. The molecule has 0 bridgehead atoms.